The molecule has 2 heterocycles. The van der Waals surface area contributed by atoms with Crippen molar-refractivity contribution in [3.63, 3.8) is 0 Å². The van der Waals surface area contributed by atoms with Crippen LogP contribution < -0.4 is 5.73 Å². The molecule has 86 valence electrons. The van der Waals surface area contributed by atoms with Gasteiger partial charge in [-0.3, -0.25) is 0 Å². The summed E-state index contributed by atoms with van der Waals surface area (Å²) < 4.78 is 0. The molecule has 2 rings (SSSR count). The number of hydrogen-bond acceptors (Lipinski definition) is 3. The molecule has 0 spiro atoms. The van der Waals surface area contributed by atoms with Crippen LogP contribution in [0.25, 0.3) is 11.2 Å². The van der Waals surface area contributed by atoms with Crippen molar-refractivity contribution >= 4 is 11.2 Å². The molecule has 4 nitrogen and oxygen atoms in total. The van der Waals surface area contributed by atoms with Crippen LogP contribution in [-0.4, -0.2) is 15.0 Å². The molecule has 0 radical (unpaired) electrons. The van der Waals surface area contributed by atoms with Crippen LogP contribution in [-0.2, 0) is 5.54 Å². The standard InChI is InChI=1S/C12H18N4/c1-4-5-12(3,13)11-15-9-6-8(2)7-14-10(9)16-11/h6-7H,4-5,13H2,1-3H3,(H,14,15,16). The average Bonchev–Trinajstić information content (AvgIpc) is 2.61. The molecule has 0 saturated carbocycles. The molecule has 3 N–H and O–H groups in total. The topological polar surface area (TPSA) is 67.6 Å². The van der Waals surface area contributed by atoms with E-state index in [1.165, 1.54) is 0 Å². The van der Waals surface area contributed by atoms with Crippen molar-refractivity contribution in [2.24, 2.45) is 5.73 Å². The third-order valence-electron chi connectivity index (χ3n) is 2.78. The molecular formula is C12H18N4. The Hall–Kier alpha value is -1.42. The van der Waals surface area contributed by atoms with Crippen LogP contribution in [0.15, 0.2) is 12.3 Å². The van der Waals surface area contributed by atoms with E-state index in [4.69, 9.17) is 5.73 Å². The average molecular weight is 218 g/mol. The van der Waals surface area contributed by atoms with Gasteiger partial charge in [-0.25, -0.2) is 9.97 Å². The molecule has 2 aromatic heterocycles. The van der Waals surface area contributed by atoms with E-state index in [1.54, 1.807) is 0 Å². The number of hydrogen-bond donors (Lipinski definition) is 2. The minimum Gasteiger partial charge on any atom is -0.339 e. The summed E-state index contributed by atoms with van der Waals surface area (Å²) in [7, 11) is 0. The SMILES string of the molecule is CCCC(C)(N)c1nc2ncc(C)cc2[nH]1. The van der Waals surface area contributed by atoms with Crippen molar-refractivity contribution < 1.29 is 0 Å². The number of fused-ring (bicyclic) bond motifs is 1. The van der Waals surface area contributed by atoms with Gasteiger partial charge in [0.1, 0.15) is 5.82 Å². The number of H-pyrrole nitrogens is 1. The Labute approximate surface area is 95.3 Å². The van der Waals surface area contributed by atoms with E-state index < -0.39 is 5.54 Å². The first kappa shape index (κ1) is 11.1. The third kappa shape index (κ3) is 1.93. The first-order valence-electron chi connectivity index (χ1n) is 5.64. The van der Waals surface area contributed by atoms with Gasteiger partial charge in [0.05, 0.1) is 11.1 Å². The maximum Gasteiger partial charge on any atom is 0.177 e. The van der Waals surface area contributed by atoms with Gasteiger partial charge >= 0.3 is 0 Å². The number of pyridine rings is 1. The molecule has 0 aromatic carbocycles. The van der Waals surface area contributed by atoms with Crippen LogP contribution in [0, 0.1) is 6.92 Å². The third-order valence-corrected chi connectivity index (χ3v) is 2.78. The second kappa shape index (κ2) is 3.87. The van der Waals surface area contributed by atoms with Crippen molar-refractivity contribution in [2.75, 3.05) is 0 Å². The zero-order valence-corrected chi connectivity index (χ0v) is 10.0. The summed E-state index contributed by atoms with van der Waals surface area (Å²) in [4.78, 5) is 12.0. The number of rotatable bonds is 3. The van der Waals surface area contributed by atoms with Gasteiger partial charge in [-0.1, -0.05) is 13.3 Å². The molecule has 0 aliphatic carbocycles. The van der Waals surface area contributed by atoms with E-state index in [9.17, 15) is 0 Å². The maximum atomic E-state index is 6.23. The van der Waals surface area contributed by atoms with Crippen molar-refractivity contribution in [3.05, 3.63) is 23.7 Å². The Bertz CT molecular complexity index is 499. The predicted octanol–water partition coefficient (Wildman–Crippen LogP) is 2.24. The monoisotopic (exact) mass is 218 g/mol. The van der Waals surface area contributed by atoms with Gasteiger partial charge in [0.25, 0.3) is 0 Å². The summed E-state index contributed by atoms with van der Waals surface area (Å²) in [5.74, 6) is 0.822. The van der Waals surface area contributed by atoms with E-state index in [0.717, 1.165) is 35.4 Å². The Morgan fingerprint density at radius 1 is 1.50 bits per heavy atom. The van der Waals surface area contributed by atoms with Crippen molar-refractivity contribution in [3.8, 4) is 0 Å². The van der Waals surface area contributed by atoms with E-state index >= 15 is 0 Å². The number of nitrogens with two attached hydrogens (primary N) is 1. The molecule has 0 fully saturated rings. The van der Waals surface area contributed by atoms with Crippen molar-refractivity contribution in [1.29, 1.82) is 0 Å². The van der Waals surface area contributed by atoms with Crippen LogP contribution in [0.1, 0.15) is 38.1 Å². The highest BCUT2D eigenvalue weighted by atomic mass is 15.0. The molecule has 0 aliphatic heterocycles. The lowest BCUT2D eigenvalue weighted by Gasteiger charge is -2.20. The smallest absolute Gasteiger partial charge is 0.177 e. The molecule has 2 aromatic rings. The molecule has 16 heavy (non-hydrogen) atoms. The number of nitrogens with one attached hydrogen (secondary N) is 1. The molecule has 0 bridgehead atoms. The summed E-state index contributed by atoms with van der Waals surface area (Å²) in [5, 5.41) is 0. The number of imidazole rings is 1. The van der Waals surface area contributed by atoms with Gasteiger partial charge < -0.3 is 10.7 Å². The Morgan fingerprint density at radius 2 is 2.25 bits per heavy atom. The minimum atomic E-state index is -0.399. The lowest BCUT2D eigenvalue weighted by molar-refractivity contribution is 0.424. The van der Waals surface area contributed by atoms with Crippen molar-refractivity contribution in [1.82, 2.24) is 15.0 Å². The van der Waals surface area contributed by atoms with Crippen LogP contribution >= 0.6 is 0 Å². The summed E-state index contributed by atoms with van der Waals surface area (Å²) in [6, 6.07) is 2.04. The normalized spacial score (nSPS) is 15.2. The molecule has 0 saturated heterocycles. The zero-order chi connectivity index (χ0) is 11.8. The summed E-state index contributed by atoms with van der Waals surface area (Å²) in [6.07, 6.45) is 3.77. The van der Waals surface area contributed by atoms with Crippen LogP contribution in [0.2, 0.25) is 0 Å². The number of aromatic nitrogens is 3. The molecule has 0 amide bonds. The zero-order valence-electron chi connectivity index (χ0n) is 10.0. The molecular weight excluding hydrogens is 200 g/mol. The van der Waals surface area contributed by atoms with Gasteiger partial charge in [0.2, 0.25) is 0 Å². The lowest BCUT2D eigenvalue weighted by Crippen LogP contribution is -2.34. The van der Waals surface area contributed by atoms with E-state index in [0.29, 0.717) is 0 Å². The summed E-state index contributed by atoms with van der Waals surface area (Å²) in [6.45, 7) is 6.14. The van der Waals surface area contributed by atoms with Crippen LogP contribution in [0.3, 0.4) is 0 Å². The molecule has 1 unspecified atom stereocenters. The fourth-order valence-electron chi connectivity index (χ4n) is 1.91. The van der Waals surface area contributed by atoms with Gasteiger partial charge in [-0.05, 0) is 31.9 Å². The largest absolute Gasteiger partial charge is 0.339 e. The highest BCUT2D eigenvalue weighted by Crippen LogP contribution is 2.22. The highest BCUT2D eigenvalue weighted by molar-refractivity contribution is 5.71. The first-order chi connectivity index (χ1) is 7.53. The number of aryl methyl sites for hydroxylation is 1. The summed E-state index contributed by atoms with van der Waals surface area (Å²) >= 11 is 0. The quantitative estimate of drug-likeness (QED) is 0.830. The Kier molecular flexibility index (Phi) is 2.68. The molecule has 4 heteroatoms. The second-order valence-corrected chi connectivity index (χ2v) is 4.64. The van der Waals surface area contributed by atoms with E-state index in [1.807, 2.05) is 26.1 Å². The van der Waals surface area contributed by atoms with Gasteiger partial charge in [0.15, 0.2) is 5.65 Å². The highest BCUT2D eigenvalue weighted by Gasteiger charge is 2.24. The van der Waals surface area contributed by atoms with Gasteiger partial charge in [0, 0.05) is 6.20 Å². The van der Waals surface area contributed by atoms with E-state index in [2.05, 4.69) is 21.9 Å². The fraction of sp³-hybridized carbons (Fsp3) is 0.500. The minimum absolute atomic E-state index is 0.399. The lowest BCUT2D eigenvalue weighted by atomic mass is 9.97. The number of aromatic amines is 1. The Balaban J connectivity index is 2.46. The van der Waals surface area contributed by atoms with Crippen LogP contribution in [0.4, 0.5) is 0 Å². The predicted molar refractivity (Wildman–Crippen MR) is 65.1 cm³/mol. The van der Waals surface area contributed by atoms with Crippen LogP contribution in [0.5, 0.6) is 0 Å². The second-order valence-electron chi connectivity index (χ2n) is 4.64. The fourth-order valence-corrected chi connectivity index (χ4v) is 1.91. The van der Waals surface area contributed by atoms with Gasteiger partial charge in [-0.2, -0.15) is 0 Å². The van der Waals surface area contributed by atoms with Gasteiger partial charge in [-0.15, -0.1) is 0 Å². The maximum absolute atomic E-state index is 6.23. The Morgan fingerprint density at radius 3 is 2.94 bits per heavy atom. The molecule has 1 atom stereocenters. The van der Waals surface area contributed by atoms with E-state index in [-0.39, 0.29) is 0 Å². The summed E-state index contributed by atoms with van der Waals surface area (Å²) in [5.41, 5.74) is 8.66. The molecule has 0 aliphatic rings. The van der Waals surface area contributed by atoms with Crippen molar-refractivity contribution in [2.45, 2.75) is 39.2 Å². The first-order valence-corrected chi connectivity index (χ1v) is 5.64. The number of nitrogens with zero attached hydrogens (tertiary/aromatic N) is 2.